The summed E-state index contributed by atoms with van der Waals surface area (Å²) in [4.78, 5) is 16.7. The number of ketones is 1. The first-order valence-corrected chi connectivity index (χ1v) is 10.8. The molecular weight excluding hydrogens is 405 g/mol. The summed E-state index contributed by atoms with van der Waals surface area (Å²) in [6.45, 7) is 1.63. The van der Waals surface area contributed by atoms with Crippen LogP contribution in [0.4, 0.5) is 4.39 Å². The van der Waals surface area contributed by atoms with Crippen molar-refractivity contribution < 1.29 is 17.6 Å². The van der Waals surface area contributed by atoms with Gasteiger partial charge in [0.1, 0.15) is 5.82 Å². The van der Waals surface area contributed by atoms with E-state index in [0.717, 1.165) is 17.0 Å². The van der Waals surface area contributed by atoms with Gasteiger partial charge in [0.25, 0.3) is 0 Å². The zero-order valence-electron chi connectivity index (χ0n) is 16.1. The molecule has 0 unspecified atom stereocenters. The maximum absolute atomic E-state index is 13.5. The van der Waals surface area contributed by atoms with Crippen LogP contribution in [0.1, 0.15) is 27.9 Å². The van der Waals surface area contributed by atoms with Crippen LogP contribution in [0.15, 0.2) is 70.7 Å². The molecule has 2 aromatic carbocycles. The molecule has 0 aliphatic carbocycles. The highest BCUT2D eigenvalue weighted by atomic mass is 32.2. The summed E-state index contributed by atoms with van der Waals surface area (Å²) >= 11 is 0. The van der Waals surface area contributed by atoms with Crippen LogP contribution in [0.25, 0.3) is 11.0 Å². The summed E-state index contributed by atoms with van der Waals surface area (Å²) < 4.78 is 39.2. The third kappa shape index (κ3) is 3.86. The Kier molecular flexibility index (Phi) is 5.17. The van der Waals surface area contributed by atoms with Crippen molar-refractivity contribution in [2.24, 2.45) is 0 Å². The molecule has 0 aliphatic rings. The highest BCUT2D eigenvalue weighted by Crippen LogP contribution is 2.25. The Morgan fingerprint density at radius 1 is 1.07 bits per heavy atom. The smallest absolute Gasteiger partial charge is 0.206 e. The number of Topliss-reactive ketones (excluding diaryl/α,β-unsaturated/α-hetero) is 1. The van der Waals surface area contributed by atoms with Crippen molar-refractivity contribution in [3.05, 3.63) is 83.4 Å². The van der Waals surface area contributed by atoms with E-state index in [1.54, 1.807) is 31.3 Å². The summed E-state index contributed by atoms with van der Waals surface area (Å²) in [6.07, 6.45) is 3.85. The molecule has 0 amide bonds. The van der Waals surface area contributed by atoms with Gasteiger partial charge in [-0.05, 0) is 54.8 Å². The number of aromatic amines is 1. The summed E-state index contributed by atoms with van der Waals surface area (Å²) in [5, 5.41) is 7.39. The van der Waals surface area contributed by atoms with E-state index in [1.807, 2.05) is 0 Å². The molecule has 152 valence electrons. The minimum absolute atomic E-state index is 0.0485. The van der Waals surface area contributed by atoms with Crippen molar-refractivity contribution in [3.8, 4) is 0 Å². The van der Waals surface area contributed by atoms with Crippen molar-refractivity contribution in [1.29, 1.82) is 0 Å². The number of hydrogen-bond acceptors (Lipinski definition) is 5. The maximum Gasteiger partial charge on any atom is 0.206 e. The largest absolute Gasteiger partial charge is 0.294 e. The normalized spacial score (nSPS) is 11.7. The minimum atomic E-state index is -3.82. The number of aromatic nitrogens is 3. The van der Waals surface area contributed by atoms with Crippen LogP contribution in [0, 0.1) is 12.7 Å². The number of pyridine rings is 1. The van der Waals surface area contributed by atoms with E-state index in [2.05, 4.69) is 15.2 Å². The molecule has 0 radical (unpaired) electrons. The second kappa shape index (κ2) is 7.79. The first-order valence-electron chi connectivity index (χ1n) is 9.27. The van der Waals surface area contributed by atoms with Crippen molar-refractivity contribution in [2.45, 2.75) is 29.6 Å². The fourth-order valence-corrected chi connectivity index (χ4v) is 4.72. The van der Waals surface area contributed by atoms with Gasteiger partial charge in [0.15, 0.2) is 11.4 Å². The van der Waals surface area contributed by atoms with Gasteiger partial charge in [0, 0.05) is 23.6 Å². The zero-order valence-corrected chi connectivity index (χ0v) is 16.9. The summed E-state index contributed by atoms with van der Waals surface area (Å²) in [6, 6.07) is 11.8. The zero-order chi connectivity index (χ0) is 21.3. The van der Waals surface area contributed by atoms with Gasteiger partial charge in [-0.1, -0.05) is 18.2 Å². The predicted molar refractivity (Wildman–Crippen MR) is 110 cm³/mol. The first-order chi connectivity index (χ1) is 14.3. The van der Waals surface area contributed by atoms with Crippen LogP contribution >= 0.6 is 0 Å². The summed E-state index contributed by atoms with van der Waals surface area (Å²) in [5.41, 5.74) is 2.44. The van der Waals surface area contributed by atoms with Gasteiger partial charge in [-0.2, -0.15) is 5.10 Å². The van der Waals surface area contributed by atoms with E-state index in [9.17, 15) is 17.6 Å². The Hall–Kier alpha value is -3.39. The molecule has 0 saturated heterocycles. The van der Waals surface area contributed by atoms with Gasteiger partial charge in [0.05, 0.1) is 16.0 Å². The number of aryl methyl sites for hydroxylation is 2. The number of nitrogens with zero attached hydrogens (tertiary/aromatic N) is 2. The van der Waals surface area contributed by atoms with E-state index < -0.39 is 15.7 Å². The van der Waals surface area contributed by atoms with Gasteiger partial charge in [-0.25, -0.2) is 17.8 Å². The van der Waals surface area contributed by atoms with Crippen LogP contribution in [0.5, 0.6) is 0 Å². The topological polar surface area (TPSA) is 92.8 Å². The molecule has 0 spiro atoms. The Morgan fingerprint density at radius 2 is 1.83 bits per heavy atom. The number of rotatable bonds is 6. The summed E-state index contributed by atoms with van der Waals surface area (Å²) in [5.74, 6) is -0.657. The standard InChI is InChI=1S/C22H18FN3O3S/c1-14-2-6-18(23)11-21(14)30(28,29)19-7-3-15(4-8-19)5-9-20(27)16-10-17-13-25-26-22(17)24-12-16/h2-4,6-8,10-13H,5,9H2,1H3,(H,24,25,26). The third-order valence-corrected chi connectivity index (χ3v) is 6.84. The first kappa shape index (κ1) is 19.9. The number of H-pyrrole nitrogens is 1. The van der Waals surface area contributed by atoms with E-state index in [-0.39, 0.29) is 22.0 Å². The average Bonchev–Trinajstić information content (AvgIpc) is 3.22. The van der Waals surface area contributed by atoms with Gasteiger partial charge < -0.3 is 0 Å². The number of carbonyl (C=O) groups excluding carboxylic acids is 1. The number of sulfone groups is 1. The Morgan fingerprint density at radius 3 is 2.60 bits per heavy atom. The monoisotopic (exact) mass is 423 g/mol. The third-order valence-electron chi connectivity index (χ3n) is 4.93. The number of carbonyl (C=O) groups is 1. The molecule has 0 fully saturated rings. The van der Waals surface area contributed by atoms with Crippen molar-refractivity contribution >= 4 is 26.7 Å². The summed E-state index contributed by atoms with van der Waals surface area (Å²) in [7, 11) is -3.82. The lowest BCUT2D eigenvalue weighted by Crippen LogP contribution is -2.05. The van der Waals surface area contributed by atoms with E-state index in [0.29, 0.717) is 23.2 Å². The molecular formula is C22H18FN3O3S. The molecule has 4 rings (SSSR count). The molecule has 2 aromatic heterocycles. The lowest BCUT2D eigenvalue weighted by Gasteiger charge is -2.09. The highest BCUT2D eigenvalue weighted by molar-refractivity contribution is 7.91. The molecule has 30 heavy (non-hydrogen) atoms. The SMILES string of the molecule is Cc1ccc(F)cc1S(=O)(=O)c1ccc(CCC(=O)c2cnc3[nH]ncc3c2)cc1. The molecule has 8 heteroatoms. The van der Waals surface area contributed by atoms with Crippen molar-refractivity contribution in [2.75, 3.05) is 0 Å². The van der Waals surface area contributed by atoms with Crippen LogP contribution in [-0.4, -0.2) is 29.4 Å². The second-order valence-electron chi connectivity index (χ2n) is 7.01. The lowest BCUT2D eigenvalue weighted by molar-refractivity contribution is 0.0982. The van der Waals surface area contributed by atoms with Crippen LogP contribution in [0.2, 0.25) is 0 Å². The molecule has 1 N–H and O–H groups in total. The van der Waals surface area contributed by atoms with Crippen LogP contribution < -0.4 is 0 Å². The van der Waals surface area contributed by atoms with Gasteiger partial charge in [-0.15, -0.1) is 0 Å². The molecule has 6 nitrogen and oxygen atoms in total. The Labute approximate surface area is 172 Å². The maximum atomic E-state index is 13.5. The number of halogens is 1. The van der Waals surface area contributed by atoms with Crippen molar-refractivity contribution in [1.82, 2.24) is 15.2 Å². The van der Waals surface area contributed by atoms with Crippen LogP contribution in [-0.2, 0) is 16.3 Å². The number of fused-ring (bicyclic) bond motifs is 1. The molecule has 0 atom stereocenters. The van der Waals surface area contributed by atoms with Crippen molar-refractivity contribution in [3.63, 3.8) is 0 Å². The van der Waals surface area contributed by atoms with E-state index >= 15 is 0 Å². The van der Waals surface area contributed by atoms with E-state index in [1.165, 1.54) is 30.5 Å². The van der Waals surface area contributed by atoms with Gasteiger partial charge in [0.2, 0.25) is 9.84 Å². The highest BCUT2D eigenvalue weighted by Gasteiger charge is 2.20. The quantitative estimate of drug-likeness (QED) is 0.472. The molecule has 4 aromatic rings. The van der Waals surface area contributed by atoms with Gasteiger partial charge >= 0.3 is 0 Å². The lowest BCUT2D eigenvalue weighted by atomic mass is 10.0. The van der Waals surface area contributed by atoms with E-state index in [4.69, 9.17) is 0 Å². The molecule has 0 saturated carbocycles. The fourth-order valence-electron chi connectivity index (χ4n) is 3.22. The minimum Gasteiger partial charge on any atom is -0.294 e. The predicted octanol–water partition coefficient (Wildman–Crippen LogP) is 4.05. The number of nitrogens with one attached hydrogen (secondary N) is 1. The second-order valence-corrected chi connectivity index (χ2v) is 8.93. The molecule has 0 aliphatic heterocycles. The molecule has 0 bridgehead atoms. The fraction of sp³-hybridized carbons (Fsp3) is 0.136. The molecule has 2 heterocycles. The number of benzene rings is 2. The Bertz CT molecular complexity index is 1350. The van der Waals surface area contributed by atoms with Crippen LogP contribution in [0.3, 0.4) is 0 Å². The Balaban J connectivity index is 1.48. The number of hydrogen-bond donors (Lipinski definition) is 1. The van der Waals surface area contributed by atoms with Gasteiger partial charge in [-0.3, -0.25) is 9.89 Å². The average molecular weight is 423 g/mol.